The monoisotopic (exact) mass is 436 g/mol. The topological polar surface area (TPSA) is 163 Å². The maximum absolute atomic E-state index is 11.9. The molecule has 0 aliphatic carbocycles. The summed E-state index contributed by atoms with van der Waals surface area (Å²) in [5, 5.41) is 49.1. The SMILES string of the molecule is CCCCC[C@@H](CC)O[C@@H]1O[C@H](COC(=O)C[C@@](C)(O)CC(=O)O)[C@@H](O)[C@H](O)[C@H]1O. The van der Waals surface area contributed by atoms with Crippen LogP contribution in [0.3, 0.4) is 0 Å². The van der Waals surface area contributed by atoms with Gasteiger partial charge in [0.25, 0.3) is 0 Å². The number of esters is 1. The highest BCUT2D eigenvalue weighted by Gasteiger charge is 2.45. The third-order valence-electron chi connectivity index (χ3n) is 5.05. The van der Waals surface area contributed by atoms with Crippen LogP contribution in [0.1, 0.15) is 65.7 Å². The zero-order chi connectivity index (χ0) is 22.9. The Morgan fingerprint density at radius 1 is 1.07 bits per heavy atom. The summed E-state index contributed by atoms with van der Waals surface area (Å²) in [7, 11) is 0. The molecule has 0 unspecified atom stereocenters. The molecule has 0 aromatic rings. The number of carbonyl (C=O) groups excluding carboxylic acids is 1. The van der Waals surface area contributed by atoms with Crippen LogP contribution >= 0.6 is 0 Å². The molecule has 0 aromatic carbocycles. The van der Waals surface area contributed by atoms with Gasteiger partial charge in [-0.2, -0.15) is 0 Å². The third kappa shape index (κ3) is 8.83. The maximum Gasteiger partial charge on any atom is 0.308 e. The zero-order valence-electron chi connectivity index (χ0n) is 17.9. The van der Waals surface area contributed by atoms with Crippen LogP contribution in [0.15, 0.2) is 0 Å². The fourth-order valence-electron chi connectivity index (χ4n) is 3.27. The van der Waals surface area contributed by atoms with Crippen molar-refractivity contribution in [1.29, 1.82) is 0 Å². The van der Waals surface area contributed by atoms with Crippen LogP contribution in [0.25, 0.3) is 0 Å². The van der Waals surface area contributed by atoms with Gasteiger partial charge in [0.1, 0.15) is 31.0 Å². The van der Waals surface area contributed by atoms with Gasteiger partial charge in [-0.15, -0.1) is 0 Å². The number of rotatable bonds is 13. The van der Waals surface area contributed by atoms with E-state index in [1.54, 1.807) is 0 Å². The largest absolute Gasteiger partial charge is 0.481 e. The lowest BCUT2D eigenvalue weighted by atomic mass is 9.98. The Morgan fingerprint density at radius 2 is 1.73 bits per heavy atom. The number of aliphatic carboxylic acids is 1. The molecule has 1 rings (SSSR count). The summed E-state index contributed by atoms with van der Waals surface area (Å²) < 4.78 is 16.3. The quantitative estimate of drug-likeness (QED) is 0.201. The molecular weight excluding hydrogens is 400 g/mol. The first-order valence-electron chi connectivity index (χ1n) is 10.5. The van der Waals surface area contributed by atoms with E-state index in [1.807, 2.05) is 6.92 Å². The highest BCUT2D eigenvalue weighted by molar-refractivity contribution is 5.73. The Hall–Kier alpha value is -1.30. The first kappa shape index (κ1) is 26.7. The summed E-state index contributed by atoms with van der Waals surface area (Å²) in [6, 6.07) is 0. The van der Waals surface area contributed by atoms with Crippen LogP contribution in [0, 0.1) is 0 Å². The van der Waals surface area contributed by atoms with Crippen molar-refractivity contribution >= 4 is 11.9 Å². The van der Waals surface area contributed by atoms with Crippen LogP contribution in [-0.4, -0.2) is 86.5 Å². The number of carbonyl (C=O) groups is 2. The van der Waals surface area contributed by atoms with Gasteiger partial charge in [-0.1, -0.05) is 33.1 Å². The number of carboxylic acids is 1. The van der Waals surface area contributed by atoms with Crippen molar-refractivity contribution < 1.29 is 49.3 Å². The van der Waals surface area contributed by atoms with E-state index in [2.05, 4.69) is 6.92 Å². The molecule has 1 fully saturated rings. The molecule has 10 nitrogen and oxygen atoms in total. The summed E-state index contributed by atoms with van der Waals surface area (Å²) in [4.78, 5) is 22.6. The van der Waals surface area contributed by atoms with E-state index in [1.165, 1.54) is 6.92 Å². The number of aliphatic hydroxyl groups is 4. The number of unbranched alkanes of at least 4 members (excludes halogenated alkanes) is 2. The Bertz CT molecular complexity index is 538. The van der Waals surface area contributed by atoms with Gasteiger partial charge in [0, 0.05) is 0 Å². The summed E-state index contributed by atoms with van der Waals surface area (Å²) in [5.41, 5.74) is -1.79. The molecule has 0 aromatic heterocycles. The van der Waals surface area contributed by atoms with E-state index in [-0.39, 0.29) is 6.10 Å². The first-order valence-corrected chi connectivity index (χ1v) is 10.5. The van der Waals surface area contributed by atoms with Gasteiger partial charge < -0.3 is 39.7 Å². The molecule has 30 heavy (non-hydrogen) atoms. The van der Waals surface area contributed by atoms with Crippen molar-refractivity contribution in [1.82, 2.24) is 0 Å². The second-order valence-electron chi connectivity index (χ2n) is 8.10. The van der Waals surface area contributed by atoms with Crippen molar-refractivity contribution in [2.75, 3.05) is 6.61 Å². The summed E-state index contributed by atoms with van der Waals surface area (Å²) >= 11 is 0. The lowest BCUT2D eigenvalue weighted by Gasteiger charge is -2.41. The average Bonchev–Trinajstić information content (AvgIpc) is 2.64. The number of aliphatic hydroxyl groups excluding tert-OH is 3. The predicted molar refractivity (Wildman–Crippen MR) is 104 cm³/mol. The zero-order valence-corrected chi connectivity index (χ0v) is 17.9. The predicted octanol–water partition coefficient (Wildman–Crippen LogP) is 0.329. The molecule has 7 atom stereocenters. The highest BCUT2D eigenvalue weighted by atomic mass is 16.7. The van der Waals surface area contributed by atoms with Crippen molar-refractivity contribution in [3.63, 3.8) is 0 Å². The van der Waals surface area contributed by atoms with Gasteiger partial charge in [-0.05, 0) is 19.8 Å². The Balaban J connectivity index is 2.64. The van der Waals surface area contributed by atoms with Crippen LogP contribution in [-0.2, 0) is 23.8 Å². The number of ether oxygens (including phenoxy) is 3. The molecule has 0 bridgehead atoms. The third-order valence-corrected chi connectivity index (χ3v) is 5.05. The number of carboxylic acid groups (broad SMARTS) is 1. The van der Waals surface area contributed by atoms with Gasteiger partial charge in [0.2, 0.25) is 0 Å². The van der Waals surface area contributed by atoms with Crippen LogP contribution in [0.2, 0.25) is 0 Å². The number of hydrogen-bond acceptors (Lipinski definition) is 9. The van der Waals surface area contributed by atoms with Crippen LogP contribution in [0.4, 0.5) is 0 Å². The molecule has 10 heteroatoms. The van der Waals surface area contributed by atoms with Gasteiger partial charge in [-0.3, -0.25) is 9.59 Å². The minimum absolute atomic E-state index is 0.201. The van der Waals surface area contributed by atoms with Crippen molar-refractivity contribution in [3.8, 4) is 0 Å². The van der Waals surface area contributed by atoms with E-state index in [0.717, 1.165) is 25.7 Å². The van der Waals surface area contributed by atoms with E-state index in [9.17, 15) is 30.0 Å². The molecule has 5 N–H and O–H groups in total. The molecule has 176 valence electrons. The van der Waals surface area contributed by atoms with Gasteiger partial charge in [-0.25, -0.2) is 0 Å². The molecule has 1 aliphatic rings. The molecule has 0 amide bonds. The number of hydrogen-bond donors (Lipinski definition) is 5. The average molecular weight is 436 g/mol. The molecule has 1 heterocycles. The van der Waals surface area contributed by atoms with Gasteiger partial charge in [0.15, 0.2) is 6.29 Å². The van der Waals surface area contributed by atoms with E-state index >= 15 is 0 Å². The summed E-state index contributed by atoms with van der Waals surface area (Å²) in [5.74, 6) is -2.15. The first-order chi connectivity index (χ1) is 14.0. The van der Waals surface area contributed by atoms with Crippen molar-refractivity contribution in [2.24, 2.45) is 0 Å². The lowest BCUT2D eigenvalue weighted by molar-refractivity contribution is -0.312. The van der Waals surface area contributed by atoms with Crippen molar-refractivity contribution in [3.05, 3.63) is 0 Å². The van der Waals surface area contributed by atoms with E-state index in [4.69, 9.17) is 19.3 Å². The molecule has 0 saturated carbocycles. The standard InChI is InChI=1S/C20H36O10/c1-4-6-7-8-12(5-2)29-19-18(26)17(25)16(24)13(30-19)11-28-15(23)10-20(3,27)9-14(21)22/h12-13,16-19,24-27H,4-11H2,1-3H3,(H,21,22)/t12-,13-,16-,17+,18-,19-,20+/m1/s1. The van der Waals surface area contributed by atoms with Crippen molar-refractivity contribution in [2.45, 2.75) is 108 Å². The van der Waals surface area contributed by atoms with E-state index < -0.39 is 67.7 Å². The summed E-state index contributed by atoms with van der Waals surface area (Å²) in [6.07, 6.45) is -3.84. The van der Waals surface area contributed by atoms with E-state index in [0.29, 0.717) is 6.42 Å². The minimum atomic E-state index is -1.79. The molecule has 1 aliphatic heterocycles. The molecular formula is C20H36O10. The smallest absolute Gasteiger partial charge is 0.308 e. The summed E-state index contributed by atoms with van der Waals surface area (Å²) in [6.45, 7) is 4.75. The fourth-order valence-corrected chi connectivity index (χ4v) is 3.27. The Morgan fingerprint density at radius 3 is 2.30 bits per heavy atom. The molecule has 1 saturated heterocycles. The van der Waals surface area contributed by atoms with Crippen LogP contribution in [0.5, 0.6) is 0 Å². The molecule has 0 spiro atoms. The Labute approximate surface area is 176 Å². The highest BCUT2D eigenvalue weighted by Crippen LogP contribution is 2.25. The molecule has 0 radical (unpaired) electrons. The fraction of sp³-hybridized carbons (Fsp3) is 0.900. The second-order valence-corrected chi connectivity index (χ2v) is 8.10. The minimum Gasteiger partial charge on any atom is -0.481 e. The van der Waals surface area contributed by atoms with Gasteiger partial charge >= 0.3 is 11.9 Å². The van der Waals surface area contributed by atoms with Gasteiger partial charge in [0.05, 0.1) is 24.5 Å². The maximum atomic E-state index is 11.9. The second kappa shape index (κ2) is 12.5. The normalized spacial score (nSPS) is 29.8. The Kier molecular flexibility index (Phi) is 11.2. The lowest BCUT2D eigenvalue weighted by Crippen LogP contribution is -2.60. The van der Waals surface area contributed by atoms with Crippen LogP contribution < -0.4 is 0 Å².